The van der Waals surface area contributed by atoms with Gasteiger partial charge in [-0.2, -0.15) is 0 Å². The second-order valence-corrected chi connectivity index (χ2v) is 10.0. The minimum absolute atomic E-state index is 0.248. The maximum Gasteiger partial charge on any atom is 0.118 e. The summed E-state index contributed by atoms with van der Waals surface area (Å²) in [5.74, 6) is 0.931. The Morgan fingerprint density at radius 1 is 0.897 bits per heavy atom. The first-order chi connectivity index (χ1) is 13.9. The molecule has 2 heterocycles. The van der Waals surface area contributed by atoms with Gasteiger partial charge < -0.3 is 4.74 Å². The summed E-state index contributed by atoms with van der Waals surface area (Å²) in [4.78, 5) is 5.30. The zero-order valence-electron chi connectivity index (χ0n) is 18.0. The predicted octanol–water partition coefficient (Wildman–Crippen LogP) is 5.62. The molecule has 2 aromatic rings. The molecule has 0 amide bonds. The van der Waals surface area contributed by atoms with Gasteiger partial charge in [-0.15, -0.1) is 0 Å². The molecule has 2 aromatic carbocycles. The average Bonchev–Trinajstić information content (AvgIpc) is 2.95. The molecule has 2 fully saturated rings. The van der Waals surface area contributed by atoms with Gasteiger partial charge in [-0.3, -0.25) is 9.80 Å². The molecule has 3 nitrogen and oxygen atoms in total. The fourth-order valence-corrected chi connectivity index (χ4v) is 5.42. The third-order valence-electron chi connectivity index (χ3n) is 6.96. The van der Waals surface area contributed by atoms with Crippen molar-refractivity contribution in [3.8, 4) is 5.75 Å². The minimum Gasteiger partial charge on any atom is -0.497 e. The second-order valence-electron chi connectivity index (χ2n) is 9.60. The standard InChI is InChI=1S/C25H33ClN2O/c1-24(2)18-25(19-28(24)17-21-4-8-22(26)9-5-21)12-14-27(15-13-25)16-20-6-10-23(29-3)11-7-20/h4-11H,12-19H2,1-3H3. The molecule has 156 valence electrons. The second kappa shape index (κ2) is 8.29. The summed E-state index contributed by atoms with van der Waals surface area (Å²) in [7, 11) is 1.72. The van der Waals surface area contributed by atoms with E-state index in [1.54, 1.807) is 7.11 Å². The van der Waals surface area contributed by atoms with E-state index in [1.165, 1.54) is 50.0 Å². The van der Waals surface area contributed by atoms with Crippen molar-refractivity contribution in [2.24, 2.45) is 5.41 Å². The van der Waals surface area contributed by atoms with Gasteiger partial charge in [0.05, 0.1) is 7.11 Å². The molecule has 0 bridgehead atoms. The highest BCUT2D eigenvalue weighted by molar-refractivity contribution is 6.30. The molecule has 0 saturated carbocycles. The van der Waals surface area contributed by atoms with Crippen molar-refractivity contribution < 1.29 is 4.74 Å². The molecule has 0 N–H and O–H groups in total. The van der Waals surface area contributed by atoms with Crippen molar-refractivity contribution in [1.29, 1.82) is 0 Å². The molecule has 4 rings (SSSR count). The molecular weight excluding hydrogens is 380 g/mol. The Morgan fingerprint density at radius 2 is 1.48 bits per heavy atom. The van der Waals surface area contributed by atoms with Crippen molar-refractivity contribution in [2.45, 2.75) is 51.7 Å². The van der Waals surface area contributed by atoms with Gasteiger partial charge in [-0.05, 0) is 87.0 Å². The summed E-state index contributed by atoms with van der Waals surface area (Å²) in [6, 6.07) is 16.9. The van der Waals surface area contributed by atoms with E-state index in [2.05, 4.69) is 60.0 Å². The average molecular weight is 413 g/mol. The Labute approximate surface area is 180 Å². The number of halogens is 1. The Balaban J connectivity index is 1.35. The highest BCUT2D eigenvalue weighted by Gasteiger charge is 2.49. The SMILES string of the molecule is COc1ccc(CN2CCC3(CC2)CN(Cc2ccc(Cl)cc2)C(C)(C)C3)cc1. The van der Waals surface area contributed by atoms with Gasteiger partial charge in [0.2, 0.25) is 0 Å². The lowest BCUT2D eigenvalue weighted by atomic mass is 9.74. The largest absolute Gasteiger partial charge is 0.497 e. The zero-order valence-corrected chi connectivity index (χ0v) is 18.7. The number of likely N-dealkylation sites (tertiary alicyclic amines) is 2. The zero-order chi connectivity index (χ0) is 20.5. The molecule has 2 aliphatic rings. The summed E-state index contributed by atoms with van der Waals surface area (Å²) >= 11 is 6.06. The van der Waals surface area contributed by atoms with E-state index >= 15 is 0 Å². The molecular formula is C25H33ClN2O. The van der Waals surface area contributed by atoms with Crippen LogP contribution in [0.1, 0.15) is 44.2 Å². The smallest absolute Gasteiger partial charge is 0.118 e. The first kappa shape index (κ1) is 20.7. The van der Waals surface area contributed by atoms with Crippen LogP contribution in [0.2, 0.25) is 5.02 Å². The van der Waals surface area contributed by atoms with Crippen molar-refractivity contribution in [2.75, 3.05) is 26.7 Å². The first-order valence-electron chi connectivity index (χ1n) is 10.7. The van der Waals surface area contributed by atoms with Crippen molar-refractivity contribution >= 4 is 11.6 Å². The third kappa shape index (κ3) is 4.79. The van der Waals surface area contributed by atoms with Crippen LogP contribution in [0.15, 0.2) is 48.5 Å². The number of nitrogens with zero attached hydrogens (tertiary/aromatic N) is 2. The molecule has 0 aliphatic carbocycles. The Bertz CT molecular complexity index is 808. The highest BCUT2D eigenvalue weighted by atomic mass is 35.5. The predicted molar refractivity (Wildman–Crippen MR) is 120 cm³/mol. The van der Waals surface area contributed by atoms with Crippen molar-refractivity contribution in [3.05, 3.63) is 64.7 Å². The van der Waals surface area contributed by atoms with Crippen LogP contribution in [-0.4, -0.2) is 42.1 Å². The molecule has 1 spiro atoms. The molecule has 2 saturated heterocycles. The molecule has 0 aromatic heterocycles. The normalized spacial score (nSPS) is 21.5. The van der Waals surface area contributed by atoms with E-state index in [9.17, 15) is 0 Å². The van der Waals surface area contributed by atoms with Crippen LogP contribution in [0.5, 0.6) is 5.75 Å². The Hall–Kier alpha value is -1.55. The van der Waals surface area contributed by atoms with E-state index in [-0.39, 0.29) is 5.54 Å². The van der Waals surface area contributed by atoms with Crippen LogP contribution in [0.25, 0.3) is 0 Å². The Morgan fingerprint density at radius 3 is 2.10 bits per heavy atom. The summed E-state index contributed by atoms with van der Waals surface area (Å²) in [6.45, 7) is 10.5. The lowest BCUT2D eigenvalue weighted by Crippen LogP contribution is -2.41. The number of hydrogen-bond donors (Lipinski definition) is 0. The monoisotopic (exact) mass is 412 g/mol. The molecule has 0 radical (unpaired) electrons. The summed E-state index contributed by atoms with van der Waals surface area (Å²) in [5, 5.41) is 0.815. The number of benzene rings is 2. The van der Waals surface area contributed by atoms with Crippen LogP contribution in [0.3, 0.4) is 0 Å². The van der Waals surface area contributed by atoms with E-state index < -0.39 is 0 Å². The fourth-order valence-electron chi connectivity index (χ4n) is 5.29. The van der Waals surface area contributed by atoms with Gasteiger partial charge in [-0.1, -0.05) is 35.9 Å². The quantitative estimate of drug-likeness (QED) is 0.634. The lowest BCUT2D eigenvalue weighted by Gasteiger charge is -2.39. The lowest BCUT2D eigenvalue weighted by molar-refractivity contribution is 0.102. The van der Waals surface area contributed by atoms with Gasteiger partial charge in [0.25, 0.3) is 0 Å². The van der Waals surface area contributed by atoms with Gasteiger partial charge in [0.1, 0.15) is 5.75 Å². The molecule has 29 heavy (non-hydrogen) atoms. The van der Waals surface area contributed by atoms with E-state index in [1.807, 2.05) is 12.1 Å². The summed E-state index contributed by atoms with van der Waals surface area (Å²) in [6.07, 6.45) is 3.89. The third-order valence-corrected chi connectivity index (χ3v) is 7.21. The van der Waals surface area contributed by atoms with Gasteiger partial charge in [0.15, 0.2) is 0 Å². The van der Waals surface area contributed by atoms with Crippen molar-refractivity contribution in [3.63, 3.8) is 0 Å². The van der Waals surface area contributed by atoms with Gasteiger partial charge in [-0.25, -0.2) is 0 Å². The van der Waals surface area contributed by atoms with E-state index in [0.717, 1.165) is 23.9 Å². The number of rotatable bonds is 5. The number of ether oxygens (including phenoxy) is 1. The van der Waals surface area contributed by atoms with Gasteiger partial charge >= 0.3 is 0 Å². The van der Waals surface area contributed by atoms with Crippen LogP contribution >= 0.6 is 11.6 Å². The maximum absolute atomic E-state index is 6.06. The summed E-state index contributed by atoms with van der Waals surface area (Å²) in [5.41, 5.74) is 3.44. The first-order valence-corrected chi connectivity index (χ1v) is 11.1. The van der Waals surface area contributed by atoms with Crippen LogP contribution in [-0.2, 0) is 13.1 Å². The summed E-state index contributed by atoms with van der Waals surface area (Å²) < 4.78 is 5.28. The maximum atomic E-state index is 6.06. The molecule has 0 unspecified atom stereocenters. The van der Waals surface area contributed by atoms with E-state index in [4.69, 9.17) is 16.3 Å². The molecule has 0 atom stereocenters. The number of hydrogen-bond acceptors (Lipinski definition) is 3. The van der Waals surface area contributed by atoms with Crippen LogP contribution in [0, 0.1) is 5.41 Å². The fraction of sp³-hybridized carbons (Fsp3) is 0.520. The highest BCUT2D eigenvalue weighted by Crippen LogP contribution is 2.48. The number of methoxy groups -OCH3 is 1. The molecule has 4 heteroatoms. The minimum atomic E-state index is 0.248. The topological polar surface area (TPSA) is 15.7 Å². The van der Waals surface area contributed by atoms with E-state index in [0.29, 0.717) is 5.41 Å². The van der Waals surface area contributed by atoms with Crippen LogP contribution < -0.4 is 4.74 Å². The van der Waals surface area contributed by atoms with Crippen molar-refractivity contribution in [1.82, 2.24) is 9.80 Å². The number of piperidine rings is 1. The molecule has 2 aliphatic heterocycles. The van der Waals surface area contributed by atoms with Crippen LogP contribution in [0.4, 0.5) is 0 Å². The van der Waals surface area contributed by atoms with Gasteiger partial charge in [0, 0.05) is 30.2 Å². The Kier molecular flexibility index (Phi) is 5.92.